The minimum atomic E-state index is 0.593. The van der Waals surface area contributed by atoms with Crippen molar-refractivity contribution in [1.29, 1.82) is 0 Å². The number of aromatic nitrogens is 1. The summed E-state index contributed by atoms with van der Waals surface area (Å²) in [5.74, 6) is 1.64. The van der Waals surface area contributed by atoms with E-state index in [-0.39, 0.29) is 0 Å². The number of methoxy groups -OCH3 is 1. The molecule has 0 aliphatic carbocycles. The highest BCUT2D eigenvalue weighted by atomic mass is 16.5. The van der Waals surface area contributed by atoms with Crippen LogP contribution < -0.4 is 15.4 Å². The predicted molar refractivity (Wildman–Crippen MR) is 98.5 cm³/mol. The Morgan fingerprint density at radius 2 is 1.79 bits per heavy atom. The second-order valence-electron chi connectivity index (χ2n) is 5.75. The molecule has 0 radical (unpaired) electrons. The Morgan fingerprint density at radius 1 is 1.08 bits per heavy atom. The lowest BCUT2D eigenvalue weighted by molar-refractivity contribution is 0.406. The van der Waals surface area contributed by atoms with Gasteiger partial charge in [0.25, 0.3) is 0 Å². The zero-order chi connectivity index (χ0) is 17.5. The number of aryl methyl sites for hydroxylation is 2. The van der Waals surface area contributed by atoms with E-state index in [0.717, 1.165) is 35.1 Å². The molecule has 0 amide bonds. The maximum Gasteiger partial charge on any atom is 0.191 e. The molecule has 0 atom stereocenters. The molecule has 1 aromatic carbocycles. The van der Waals surface area contributed by atoms with Gasteiger partial charge in [-0.05, 0) is 31.9 Å². The number of hydrogen-bond donors (Lipinski definition) is 2. The molecule has 0 unspecified atom stereocenters. The number of nitrogens with one attached hydrogen (secondary N) is 2. The number of rotatable bonds is 5. The summed E-state index contributed by atoms with van der Waals surface area (Å²) in [6.45, 7) is 7.46. The monoisotopic (exact) mass is 326 g/mol. The molecule has 5 heteroatoms. The van der Waals surface area contributed by atoms with E-state index in [0.29, 0.717) is 6.54 Å². The average molecular weight is 326 g/mol. The van der Waals surface area contributed by atoms with Crippen molar-refractivity contribution in [2.45, 2.75) is 33.9 Å². The lowest BCUT2D eigenvalue weighted by atomic mass is 10.1. The number of benzene rings is 1. The highest BCUT2D eigenvalue weighted by Crippen LogP contribution is 2.23. The van der Waals surface area contributed by atoms with E-state index >= 15 is 0 Å². The first-order chi connectivity index (χ1) is 11.6. The molecule has 0 saturated carbocycles. The second-order valence-corrected chi connectivity index (χ2v) is 5.75. The first-order valence-corrected chi connectivity index (χ1v) is 8.05. The molecule has 5 nitrogen and oxygen atoms in total. The number of aliphatic imine (C=N–C) groups is 1. The van der Waals surface area contributed by atoms with Crippen molar-refractivity contribution in [3.63, 3.8) is 0 Å². The van der Waals surface area contributed by atoms with Crippen molar-refractivity contribution < 1.29 is 4.74 Å². The third kappa shape index (κ3) is 4.25. The zero-order valence-corrected chi connectivity index (χ0v) is 15.1. The molecule has 0 bridgehead atoms. The number of guanidine groups is 1. The fourth-order valence-electron chi connectivity index (χ4n) is 2.62. The molecule has 2 aromatic rings. The molecular weight excluding hydrogens is 300 g/mol. The van der Waals surface area contributed by atoms with Crippen LogP contribution in [0.2, 0.25) is 0 Å². The lowest BCUT2D eigenvalue weighted by Crippen LogP contribution is -2.36. The Hall–Kier alpha value is -2.56. The quantitative estimate of drug-likeness (QED) is 0.655. The molecule has 128 valence electrons. The molecule has 0 fully saturated rings. The number of ether oxygens (including phenoxy) is 1. The van der Waals surface area contributed by atoms with Crippen LogP contribution in [0.15, 0.2) is 35.5 Å². The summed E-state index contributed by atoms with van der Waals surface area (Å²) in [5, 5.41) is 6.64. The maximum absolute atomic E-state index is 5.45. The molecule has 1 aromatic heterocycles. The maximum atomic E-state index is 5.45. The van der Waals surface area contributed by atoms with Gasteiger partial charge in [-0.25, -0.2) is 0 Å². The predicted octanol–water partition coefficient (Wildman–Crippen LogP) is 2.88. The molecule has 0 spiro atoms. The van der Waals surface area contributed by atoms with Gasteiger partial charge < -0.3 is 15.4 Å². The fraction of sp³-hybridized carbons (Fsp3) is 0.368. The molecule has 0 aliphatic rings. The summed E-state index contributed by atoms with van der Waals surface area (Å²) >= 11 is 0. The van der Waals surface area contributed by atoms with Crippen LogP contribution in [0.25, 0.3) is 0 Å². The fourth-order valence-corrected chi connectivity index (χ4v) is 2.62. The lowest BCUT2D eigenvalue weighted by Gasteiger charge is -2.15. The summed E-state index contributed by atoms with van der Waals surface area (Å²) in [5.41, 5.74) is 5.57. The van der Waals surface area contributed by atoms with Gasteiger partial charge in [-0.1, -0.05) is 24.3 Å². The van der Waals surface area contributed by atoms with Gasteiger partial charge in [0.05, 0.1) is 19.3 Å². The van der Waals surface area contributed by atoms with Crippen LogP contribution in [-0.4, -0.2) is 25.1 Å². The van der Waals surface area contributed by atoms with Gasteiger partial charge in [-0.15, -0.1) is 0 Å². The minimum Gasteiger partial charge on any atom is -0.496 e. The van der Waals surface area contributed by atoms with E-state index < -0.39 is 0 Å². The smallest absolute Gasteiger partial charge is 0.191 e. The van der Waals surface area contributed by atoms with Crippen LogP contribution in [0.5, 0.6) is 5.75 Å². The highest BCUT2D eigenvalue weighted by molar-refractivity contribution is 5.79. The highest BCUT2D eigenvalue weighted by Gasteiger charge is 2.10. The van der Waals surface area contributed by atoms with Crippen LogP contribution >= 0.6 is 0 Å². The Kier molecular flexibility index (Phi) is 6.18. The third-order valence-electron chi connectivity index (χ3n) is 4.10. The molecular formula is C19H26N4O. The minimum absolute atomic E-state index is 0.593. The van der Waals surface area contributed by atoms with Crippen LogP contribution in [0.4, 0.5) is 0 Å². The van der Waals surface area contributed by atoms with E-state index in [2.05, 4.69) is 39.7 Å². The standard InChI is InChI=1S/C19H26N4O/c1-13-8-6-7-9-16(13)11-22-19(20-4)23-12-17-15(3)18(24-5)14(2)10-21-17/h6-10H,11-12H2,1-5H3,(H2,20,22,23). The van der Waals surface area contributed by atoms with Crippen molar-refractivity contribution in [3.05, 3.63) is 58.4 Å². The van der Waals surface area contributed by atoms with Crippen LogP contribution in [0.3, 0.4) is 0 Å². The number of nitrogens with zero attached hydrogens (tertiary/aromatic N) is 2. The third-order valence-corrected chi connectivity index (χ3v) is 4.10. The van der Waals surface area contributed by atoms with E-state index in [1.165, 1.54) is 11.1 Å². The SMILES string of the molecule is CN=C(NCc1ccccc1C)NCc1ncc(C)c(OC)c1C. The molecule has 1 heterocycles. The Bertz CT molecular complexity index is 725. The van der Waals surface area contributed by atoms with Gasteiger partial charge in [-0.3, -0.25) is 9.98 Å². The van der Waals surface area contributed by atoms with Crippen molar-refractivity contribution >= 4 is 5.96 Å². The normalized spacial score (nSPS) is 11.3. The summed E-state index contributed by atoms with van der Waals surface area (Å²) in [7, 11) is 3.46. The van der Waals surface area contributed by atoms with E-state index in [4.69, 9.17) is 4.74 Å². The van der Waals surface area contributed by atoms with Gasteiger partial charge in [0.15, 0.2) is 5.96 Å². The van der Waals surface area contributed by atoms with Crippen molar-refractivity contribution in [2.24, 2.45) is 4.99 Å². The van der Waals surface area contributed by atoms with Gasteiger partial charge in [0.2, 0.25) is 0 Å². The Labute approximate surface area is 144 Å². The van der Waals surface area contributed by atoms with Gasteiger partial charge in [0.1, 0.15) is 5.75 Å². The van der Waals surface area contributed by atoms with Crippen molar-refractivity contribution in [1.82, 2.24) is 15.6 Å². The van der Waals surface area contributed by atoms with E-state index in [1.807, 2.05) is 32.2 Å². The summed E-state index contributed by atoms with van der Waals surface area (Å²) in [6, 6.07) is 8.32. The molecule has 0 aliphatic heterocycles. The Morgan fingerprint density at radius 3 is 2.46 bits per heavy atom. The number of hydrogen-bond acceptors (Lipinski definition) is 3. The largest absolute Gasteiger partial charge is 0.496 e. The van der Waals surface area contributed by atoms with Crippen LogP contribution in [0, 0.1) is 20.8 Å². The average Bonchev–Trinajstić information content (AvgIpc) is 2.58. The molecule has 24 heavy (non-hydrogen) atoms. The van der Waals surface area contributed by atoms with E-state index in [9.17, 15) is 0 Å². The first-order valence-electron chi connectivity index (χ1n) is 8.05. The summed E-state index contributed by atoms with van der Waals surface area (Å²) in [4.78, 5) is 8.77. The van der Waals surface area contributed by atoms with E-state index in [1.54, 1.807) is 14.2 Å². The van der Waals surface area contributed by atoms with Crippen LogP contribution in [-0.2, 0) is 13.1 Å². The van der Waals surface area contributed by atoms with Crippen molar-refractivity contribution in [3.8, 4) is 5.75 Å². The number of pyridine rings is 1. The second kappa shape index (κ2) is 8.34. The Balaban J connectivity index is 1.98. The molecule has 0 saturated heterocycles. The topological polar surface area (TPSA) is 58.5 Å². The summed E-state index contributed by atoms with van der Waals surface area (Å²) < 4.78 is 5.45. The van der Waals surface area contributed by atoms with Gasteiger partial charge in [0, 0.05) is 30.9 Å². The molecule has 2 rings (SSSR count). The zero-order valence-electron chi connectivity index (χ0n) is 15.1. The van der Waals surface area contributed by atoms with Gasteiger partial charge >= 0.3 is 0 Å². The molecule has 2 N–H and O–H groups in total. The van der Waals surface area contributed by atoms with Crippen LogP contribution in [0.1, 0.15) is 27.9 Å². The van der Waals surface area contributed by atoms with Gasteiger partial charge in [-0.2, -0.15) is 0 Å². The first kappa shape index (κ1) is 17.8. The summed E-state index contributed by atoms with van der Waals surface area (Å²) in [6.07, 6.45) is 1.84. The van der Waals surface area contributed by atoms with Crippen molar-refractivity contribution in [2.75, 3.05) is 14.2 Å².